The van der Waals surface area contributed by atoms with Crippen molar-refractivity contribution in [3.8, 4) is 0 Å². The van der Waals surface area contributed by atoms with Crippen LogP contribution in [0.4, 0.5) is 0 Å². The largest absolute Gasteiger partial charge is 0.481 e. The zero-order chi connectivity index (χ0) is 12.8. The van der Waals surface area contributed by atoms with E-state index in [0.29, 0.717) is 12.6 Å². The van der Waals surface area contributed by atoms with Crippen LogP contribution >= 0.6 is 0 Å². The molecule has 0 saturated carbocycles. The summed E-state index contributed by atoms with van der Waals surface area (Å²) in [4.78, 5) is 13.0. The maximum atomic E-state index is 10.7. The van der Waals surface area contributed by atoms with E-state index in [1.807, 2.05) is 0 Å². The molecule has 0 rings (SSSR count). The standard InChI is InChI=1S/C13H27NO2/c1-6-8-11(7-2)14(13(3,4)5)10-9-12(15)16/h11H,6-10H2,1-5H3,(H,15,16). The minimum Gasteiger partial charge on any atom is -0.481 e. The van der Waals surface area contributed by atoms with Crippen molar-refractivity contribution in [1.29, 1.82) is 0 Å². The maximum absolute atomic E-state index is 10.7. The Morgan fingerprint density at radius 3 is 2.19 bits per heavy atom. The van der Waals surface area contributed by atoms with Crippen LogP contribution in [0.25, 0.3) is 0 Å². The van der Waals surface area contributed by atoms with Gasteiger partial charge in [-0.2, -0.15) is 0 Å². The van der Waals surface area contributed by atoms with Crippen molar-refractivity contribution in [3.63, 3.8) is 0 Å². The van der Waals surface area contributed by atoms with Gasteiger partial charge >= 0.3 is 5.97 Å². The Labute approximate surface area is 99.8 Å². The van der Waals surface area contributed by atoms with Crippen molar-refractivity contribution in [2.45, 2.75) is 71.9 Å². The smallest absolute Gasteiger partial charge is 0.304 e. The fourth-order valence-corrected chi connectivity index (χ4v) is 2.20. The van der Waals surface area contributed by atoms with E-state index < -0.39 is 5.97 Å². The van der Waals surface area contributed by atoms with Crippen LogP contribution in [-0.4, -0.2) is 34.1 Å². The summed E-state index contributed by atoms with van der Waals surface area (Å²) in [7, 11) is 0. The van der Waals surface area contributed by atoms with Gasteiger partial charge in [-0.3, -0.25) is 9.69 Å². The molecule has 16 heavy (non-hydrogen) atoms. The quantitative estimate of drug-likeness (QED) is 0.729. The van der Waals surface area contributed by atoms with Crippen LogP contribution in [0.5, 0.6) is 0 Å². The average Bonchev–Trinajstić information content (AvgIpc) is 2.14. The van der Waals surface area contributed by atoms with Crippen molar-refractivity contribution in [1.82, 2.24) is 4.90 Å². The zero-order valence-electron chi connectivity index (χ0n) is 11.4. The molecule has 0 heterocycles. The maximum Gasteiger partial charge on any atom is 0.304 e. The van der Waals surface area contributed by atoms with Crippen molar-refractivity contribution in [2.75, 3.05) is 6.54 Å². The molecule has 0 aromatic rings. The molecule has 0 fully saturated rings. The van der Waals surface area contributed by atoms with Crippen molar-refractivity contribution in [3.05, 3.63) is 0 Å². The highest BCUT2D eigenvalue weighted by Crippen LogP contribution is 2.22. The van der Waals surface area contributed by atoms with Gasteiger partial charge in [-0.05, 0) is 33.6 Å². The predicted octanol–water partition coefficient (Wildman–Crippen LogP) is 3.14. The molecule has 0 spiro atoms. The monoisotopic (exact) mass is 229 g/mol. The van der Waals surface area contributed by atoms with E-state index in [2.05, 4.69) is 39.5 Å². The summed E-state index contributed by atoms with van der Waals surface area (Å²) >= 11 is 0. The van der Waals surface area contributed by atoms with Crippen molar-refractivity contribution < 1.29 is 9.90 Å². The number of nitrogens with zero attached hydrogens (tertiary/aromatic N) is 1. The second-order valence-electron chi connectivity index (χ2n) is 5.36. The van der Waals surface area contributed by atoms with Gasteiger partial charge in [0.15, 0.2) is 0 Å². The normalized spacial score (nSPS) is 14.1. The molecular weight excluding hydrogens is 202 g/mol. The van der Waals surface area contributed by atoms with Crippen LogP contribution in [0.3, 0.4) is 0 Å². The van der Waals surface area contributed by atoms with Gasteiger partial charge in [0.05, 0.1) is 6.42 Å². The lowest BCUT2D eigenvalue weighted by Crippen LogP contribution is -2.48. The van der Waals surface area contributed by atoms with E-state index >= 15 is 0 Å². The van der Waals surface area contributed by atoms with Gasteiger partial charge in [-0.1, -0.05) is 20.3 Å². The summed E-state index contributed by atoms with van der Waals surface area (Å²) in [6, 6.07) is 0.504. The number of carboxylic acids is 1. The molecule has 96 valence electrons. The van der Waals surface area contributed by atoms with E-state index in [1.54, 1.807) is 0 Å². The predicted molar refractivity (Wildman–Crippen MR) is 67.7 cm³/mol. The highest BCUT2D eigenvalue weighted by Gasteiger charge is 2.27. The highest BCUT2D eigenvalue weighted by atomic mass is 16.4. The average molecular weight is 229 g/mol. The Kier molecular flexibility index (Phi) is 6.65. The van der Waals surface area contributed by atoms with Crippen LogP contribution in [-0.2, 0) is 4.79 Å². The molecule has 0 aromatic heterocycles. The Morgan fingerprint density at radius 2 is 1.88 bits per heavy atom. The summed E-state index contributed by atoms with van der Waals surface area (Å²) in [6.07, 6.45) is 3.62. The SMILES string of the molecule is CCCC(CC)N(CCC(=O)O)C(C)(C)C. The zero-order valence-corrected chi connectivity index (χ0v) is 11.4. The molecule has 1 atom stereocenters. The summed E-state index contributed by atoms with van der Waals surface area (Å²) in [5.74, 6) is -0.708. The Morgan fingerprint density at radius 1 is 1.31 bits per heavy atom. The van der Waals surface area contributed by atoms with Gasteiger partial charge in [-0.25, -0.2) is 0 Å². The van der Waals surface area contributed by atoms with Gasteiger partial charge in [0.25, 0.3) is 0 Å². The minimum absolute atomic E-state index is 0.0469. The number of carboxylic acid groups (broad SMARTS) is 1. The number of carbonyl (C=O) groups is 1. The summed E-state index contributed by atoms with van der Waals surface area (Å²) in [5, 5.41) is 8.79. The second-order valence-corrected chi connectivity index (χ2v) is 5.36. The van der Waals surface area contributed by atoms with Gasteiger partial charge in [0, 0.05) is 18.1 Å². The molecular formula is C13H27NO2. The molecule has 0 radical (unpaired) electrons. The number of hydrogen-bond donors (Lipinski definition) is 1. The number of hydrogen-bond acceptors (Lipinski definition) is 2. The van der Waals surface area contributed by atoms with Crippen molar-refractivity contribution in [2.24, 2.45) is 0 Å². The summed E-state index contributed by atoms with van der Waals surface area (Å²) in [6.45, 7) is 11.5. The Balaban J connectivity index is 4.57. The third kappa shape index (κ3) is 5.50. The molecule has 0 aromatic carbocycles. The van der Waals surface area contributed by atoms with Crippen LogP contribution in [0.1, 0.15) is 60.3 Å². The Hall–Kier alpha value is -0.570. The van der Waals surface area contributed by atoms with E-state index in [0.717, 1.165) is 19.3 Å². The van der Waals surface area contributed by atoms with Crippen LogP contribution in [0.2, 0.25) is 0 Å². The van der Waals surface area contributed by atoms with Gasteiger partial charge < -0.3 is 5.11 Å². The molecule has 0 saturated heterocycles. The van der Waals surface area contributed by atoms with E-state index in [4.69, 9.17) is 5.11 Å². The lowest BCUT2D eigenvalue weighted by atomic mass is 9.98. The van der Waals surface area contributed by atoms with E-state index in [9.17, 15) is 4.79 Å². The van der Waals surface area contributed by atoms with Crippen LogP contribution in [0.15, 0.2) is 0 Å². The Bertz CT molecular complexity index is 208. The first-order valence-electron chi connectivity index (χ1n) is 6.31. The molecule has 1 unspecified atom stereocenters. The molecule has 3 heteroatoms. The van der Waals surface area contributed by atoms with Crippen molar-refractivity contribution >= 4 is 5.97 Å². The van der Waals surface area contributed by atoms with Gasteiger partial charge in [0.1, 0.15) is 0 Å². The second kappa shape index (κ2) is 6.89. The molecule has 1 N–H and O–H groups in total. The fraction of sp³-hybridized carbons (Fsp3) is 0.923. The molecule has 3 nitrogen and oxygen atoms in total. The van der Waals surface area contributed by atoms with E-state index in [1.165, 1.54) is 0 Å². The summed E-state index contributed by atoms with van der Waals surface area (Å²) < 4.78 is 0. The number of rotatable bonds is 7. The number of aliphatic carboxylic acids is 1. The third-order valence-electron chi connectivity index (χ3n) is 2.96. The first kappa shape index (κ1) is 15.4. The van der Waals surface area contributed by atoms with Crippen LogP contribution < -0.4 is 0 Å². The minimum atomic E-state index is -0.708. The van der Waals surface area contributed by atoms with Gasteiger partial charge in [-0.15, -0.1) is 0 Å². The lowest BCUT2D eigenvalue weighted by molar-refractivity contribution is -0.137. The molecule has 0 bridgehead atoms. The summed E-state index contributed by atoms with van der Waals surface area (Å²) in [5.41, 5.74) is 0.0469. The van der Waals surface area contributed by atoms with E-state index in [-0.39, 0.29) is 12.0 Å². The fourth-order valence-electron chi connectivity index (χ4n) is 2.20. The highest BCUT2D eigenvalue weighted by molar-refractivity contribution is 5.66. The molecule has 0 aliphatic rings. The molecule has 0 amide bonds. The lowest BCUT2D eigenvalue weighted by Gasteiger charge is -2.41. The third-order valence-corrected chi connectivity index (χ3v) is 2.96. The van der Waals surface area contributed by atoms with Gasteiger partial charge in [0.2, 0.25) is 0 Å². The molecule has 0 aliphatic heterocycles. The first-order chi connectivity index (χ1) is 7.32. The molecule has 0 aliphatic carbocycles. The van der Waals surface area contributed by atoms with Crippen LogP contribution in [0, 0.1) is 0 Å². The topological polar surface area (TPSA) is 40.5 Å². The first-order valence-corrected chi connectivity index (χ1v) is 6.31.